The number of aryl methyl sites for hydroxylation is 1. The van der Waals surface area contributed by atoms with Gasteiger partial charge in [0.1, 0.15) is 0 Å². The van der Waals surface area contributed by atoms with E-state index in [2.05, 4.69) is 15.6 Å². The first-order chi connectivity index (χ1) is 8.78. The largest absolute Gasteiger partial charge is 0.481 e. The number of carboxylic acids is 1. The fourth-order valence-electron chi connectivity index (χ4n) is 1.60. The van der Waals surface area contributed by atoms with Gasteiger partial charge in [-0.3, -0.25) is 4.79 Å². The maximum atomic E-state index is 11.6. The maximum absolute atomic E-state index is 11.6. The van der Waals surface area contributed by atoms with Crippen LogP contribution >= 0.6 is 11.3 Å². The van der Waals surface area contributed by atoms with Gasteiger partial charge in [-0.1, -0.05) is 0 Å². The van der Waals surface area contributed by atoms with Crippen LogP contribution in [0, 0.1) is 6.92 Å². The number of amides is 2. The summed E-state index contributed by atoms with van der Waals surface area (Å²) in [5.74, 6) is -0.941. The number of carboxylic acid groups (broad SMARTS) is 1. The van der Waals surface area contributed by atoms with E-state index in [9.17, 15) is 9.59 Å². The lowest BCUT2D eigenvalue weighted by Gasteiger charge is -2.24. The standard InChI is InChI=1S/C12H19N3O3S/c1-8-14-9(7-19-8)4-5-13-11(18)15-12(2,3)6-10(16)17/h7H,4-6H2,1-3H3,(H,16,17)(H2,13,15,18). The summed E-state index contributed by atoms with van der Waals surface area (Å²) >= 11 is 1.58. The zero-order chi connectivity index (χ0) is 14.5. The molecule has 0 radical (unpaired) electrons. The van der Waals surface area contributed by atoms with Crippen molar-refractivity contribution in [2.24, 2.45) is 0 Å². The molecule has 0 fully saturated rings. The second kappa shape index (κ2) is 6.51. The molecule has 0 bridgehead atoms. The molecule has 7 heteroatoms. The monoisotopic (exact) mass is 285 g/mol. The van der Waals surface area contributed by atoms with Crippen LogP contribution in [0.3, 0.4) is 0 Å². The summed E-state index contributed by atoms with van der Waals surface area (Å²) in [6, 6.07) is -0.363. The molecule has 0 saturated carbocycles. The molecular formula is C12H19N3O3S. The van der Waals surface area contributed by atoms with E-state index >= 15 is 0 Å². The molecule has 106 valence electrons. The minimum atomic E-state index is -0.941. The summed E-state index contributed by atoms with van der Waals surface area (Å²) in [5.41, 5.74) is 0.181. The molecule has 0 aromatic carbocycles. The number of nitrogens with one attached hydrogen (secondary N) is 2. The summed E-state index contributed by atoms with van der Waals surface area (Å²) in [4.78, 5) is 26.5. The Morgan fingerprint density at radius 1 is 1.47 bits per heavy atom. The lowest BCUT2D eigenvalue weighted by molar-refractivity contribution is -0.138. The van der Waals surface area contributed by atoms with Crippen molar-refractivity contribution >= 4 is 23.3 Å². The highest BCUT2D eigenvalue weighted by Gasteiger charge is 2.23. The fourth-order valence-corrected chi connectivity index (χ4v) is 2.25. The number of hydrogen-bond acceptors (Lipinski definition) is 4. The van der Waals surface area contributed by atoms with Crippen LogP contribution in [0.4, 0.5) is 4.79 Å². The Kier molecular flexibility index (Phi) is 5.29. The van der Waals surface area contributed by atoms with Crippen LogP contribution < -0.4 is 10.6 Å². The molecule has 0 spiro atoms. The number of thiazole rings is 1. The third-order valence-corrected chi connectivity index (χ3v) is 3.20. The molecule has 0 aliphatic rings. The molecule has 0 aliphatic heterocycles. The summed E-state index contributed by atoms with van der Waals surface area (Å²) in [5, 5.41) is 17.0. The first kappa shape index (κ1) is 15.4. The summed E-state index contributed by atoms with van der Waals surface area (Å²) < 4.78 is 0. The van der Waals surface area contributed by atoms with E-state index in [4.69, 9.17) is 5.11 Å². The molecule has 1 aromatic heterocycles. The molecule has 1 rings (SSSR count). The number of urea groups is 1. The van der Waals surface area contributed by atoms with E-state index < -0.39 is 11.5 Å². The summed E-state index contributed by atoms with van der Waals surface area (Å²) in [7, 11) is 0. The predicted molar refractivity (Wildman–Crippen MR) is 73.4 cm³/mol. The predicted octanol–water partition coefficient (Wildman–Crippen LogP) is 1.55. The summed E-state index contributed by atoms with van der Waals surface area (Å²) in [6.45, 7) is 5.75. The van der Waals surface area contributed by atoms with E-state index in [1.54, 1.807) is 25.2 Å². The van der Waals surface area contributed by atoms with E-state index in [0.717, 1.165) is 10.7 Å². The van der Waals surface area contributed by atoms with Crippen molar-refractivity contribution in [3.8, 4) is 0 Å². The molecule has 1 aromatic rings. The van der Waals surface area contributed by atoms with Gasteiger partial charge in [-0.05, 0) is 20.8 Å². The van der Waals surface area contributed by atoms with E-state index in [1.165, 1.54) is 0 Å². The van der Waals surface area contributed by atoms with Gasteiger partial charge in [0.25, 0.3) is 0 Å². The number of aromatic nitrogens is 1. The molecule has 0 unspecified atom stereocenters. The lowest BCUT2D eigenvalue weighted by atomic mass is 10.0. The zero-order valence-corrected chi connectivity index (χ0v) is 12.1. The van der Waals surface area contributed by atoms with Crippen LogP contribution in [0.5, 0.6) is 0 Å². The van der Waals surface area contributed by atoms with Crippen LogP contribution in [0.15, 0.2) is 5.38 Å². The Morgan fingerprint density at radius 3 is 2.68 bits per heavy atom. The van der Waals surface area contributed by atoms with Crippen molar-refractivity contribution in [2.45, 2.75) is 39.2 Å². The maximum Gasteiger partial charge on any atom is 0.315 e. The Labute approximate surface area is 116 Å². The second-order valence-electron chi connectivity index (χ2n) is 4.94. The van der Waals surface area contributed by atoms with E-state index in [0.29, 0.717) is 13.0 Å². The number of hydrogen-bond donors (Lipinski definition) is 3. The van der Waals surface area contributed by atoms with Crippen LogP contribution in [-0.2, 0) is 11.2 Å². The van der Waals surface area contributed by atoms with Gasteiger partial charge in [0.2, 0.25) is 0 Å². The number of rotatable bonds is 6. The molecule has 0 aliphatic carbocycles. The van der Waals surface area contributed by atoms with E-state index in [1.807, 2.05) is 12.3 Å². The van der Waals surface area contributed by atoms with Gasteiger partial charge in [0.05, 0.1) is 17.1 Å². The molecule has 0 saturated heterocycles. The van der Waals surface area contributed by atoms with Crippen molar-refractivity contribution in [3.05, 3.63) is 16.1 Å². The first-order valence-corrected chi connectivity index (χ1v) is 6.85. The average Bonchev–Trinajstić information content (AvgIpc) is 2.61. The Balaban J connectivity index is 2.29. The van der Waals surface area contributed by atoms with Gasteiger partial charge in [-0.25, -0.2) is 9.78 Å². The second-order valence-corrected chi connectivity index (χ2v) is 6.01. The highest BCUT2D eigenvalue weighted by Crippen LogP contribution is 2.08. The minimum Gasteiger partial charge on any atom is -0.481 e. The average molecular weight is 285 g/mol. The van der Waals surface area contributed by atoms with E-state index in [-0.39, 0.29) is 12.5 Å². The molecule has 6 nitrogen and oxygen atoms in total. The number of carbonyl (C=O) groups is 2. The molecule has 1 heterocycles. The van der Waals surface area contributed by atoms with Crippen LogP contribution in [0.25, 0.3) is 0 Å². The third kappa shape index (κ3) is 6.19. The topological polar surface area (TPSA) is 91.3 Å². The SMILES string of the molecule is Cc1nc(CCNC(=O)NC(C)(C)CC(=O)O)cs1. The van der Waals surface area contributed by atoms with Crippen molar-refractivity contribution in [3.63, 3.8) is 0 Å². The fraction of sp³-hybridized carbons (Fsp3) is 0.583. The Hall–Kier alpha value is -1.63. The van der Waals surface area contributed by atoms with Crippen LogP contribution in [-0.4, -0.2) is 34.2 Å². The lowest BCUT2D eigenvalue weighted by Crippen LogP contribution is -2.49. The molecule has 19 heavy (non-hydrogen) atoms. The number of aliphatic carboxylic acids is 1. The van der Waals surface area contributed by atoms with Gasteiger partial charge in [0.15, 0.2) is 0 Å². The van der Waals surface area contributed by atoms with Crippen LogP contribution in [0.2, 0.25) is 0 Å². The van der Waals surface area contributed by atoms with Crippen molar-refractivity contribution in [2.75, 3.05) is 6.54 Å². The molecule has 3 N–H and O–H groups in total. The van der Waals surface area contributed by atoms with Gasteiger partial charge >= 0.3 is 12.0 Å². The molecule has 2 amide bonds. The smallest absolute Gasteiger partial charge is 0.315 e. The van der Waals surface area contributed by atoms with Gasteiger partial charge in [-0.15, -0.1) is 11.3 Å². The Morgan fingerprint density at radius 2 is 2.16 bits per heavy atom. The Bertz CT molecular complexity index is 457. The van der Waals surface area contributed by atoms with Crippen LogP contribution in [0.1, 0.15) is 31.0 Å². The van der Waals surface area contributed by atoms with Crippen molar-refractivity contribution in [1.29, 1.82) is 0 Å². The van der Waals surface area contributed by atoms with Crippen molar-refractivity contribution < 1.29 is 14.7 Å². The highest BCUT2D eigenvalue weighted by atomic mass is 32.1. The normalized spacial score (nSPS) is 11.1. The van der Waals surface area contributed by atoms with Crippen molar-refractivity contribution in [1.82, 2.24) is 15.6 Å². The molecular weight excluding hydrogens is 266 g/mol. The quantitative estimate of drug-likeness (QED) is 0.739. The summed E-state index contributed by atoms with van der Waals surface area (Å²) in [6.07, 6.45) is 0.544. The van der Waals surface area contributed by atoms with Gasteiger partial charge < -0.3 is 15.7 Å². The number of nitrogens with zero attached hydrogens (tertiary/aromatic N) is 1. The zero-order valence-electron chi connectivity index (χ0n) is 11.3. The first-order valence-electron chi connectivity index (χ1n) is 5.97. The minimum absolute atomic E-state index is 0.119. The molecule has 0 atom stereocenters. The third-order valence-electron chi connectivity index (χ3n) is 2.38. The van der Waals surface area contributed by atoms with Gasteiger partial charge in [-0.2, -0.15) is 0 Å². The van der Waals surface area contributed by atoms with Gasteiger partial charge in [0, 0.05) is 23.9 Å². The number of carbonyl (C=O) groups excluding carboxylic acids is 1. The highest BCUT2D eigenvalue weighted by molar-refractivity contribution is 7.09.